The van der Waals surface area contributed by atoms with Crippen molar-refractivity contribution in [2.75, 3.05) is 13.1 Å². The second kappa shape index (κ2) is 5.50. The van der Waals surface area contributed by atoms with Gasteiger partial charge >= 0.3 is 11.9 Å². The Morgan fingerprint density at radius 2 is 1.42 bits per heavy atom. The third-order valence-corrected chi connectivity index (χ3v) is 1.23. The molecule has 0 radical (unpaired) electrons. The molecule has 0 bridgehead atoms. The van der Waals surface area contributed by atoms with Crippen LogP contribution in [-0.4, -0.2) is 40.3 Å². The van der Waals surface area contributed by atoms with Crippen molar-refractivity contribution < 1.29 is 19.8 Å². The fourth-order valence-electron chi connectivity index (χ4n) is 0.590. The van der Waals surface area contributed by atoms with Crippen LogP contribution < -0.4 is 5.84 Å². The third kappa shape index (κ3) is 6.97. The van der Waals surface area contributed by atoms with Crippen molar-refractivity contribution in [1.82, 2.24) is 5.01 Å². The summed E-state index contributed by atoms with van der Waals surface area (Å²) in [4.78, 5) is 20.1. The standard InChI is InChI=1S/C6H12N2O4/c7-8(3-1-5(9)10)4-2-6(11)12/h1-4,7H2,(H,9,10)(H,11,12). The summed E-state index contributed by atoms with van der Waals surface area (Å²) in [5, 5.41) is 17.7. The summed E-state index contributed by atoms with van der Waals surface area (Å²) in [5.74, 6) is 3.39. The van der Waals surface area contributed by atoms with Gasteiger partial charge in [-0.15, -0.1) is 0 Å². The average Bonchev–Trinajstić information content (AvgIpc) is 1.96. The Balaban J connectivity index is 3.39. The van der Waals surface area contributed by atoms with Crippen molar-refractivity contribution >= 4 is 11.9 Å². The summed E-state index contributed by atoms with van der Waals surface area (Å²) in [6.45, 7) is 0.339. The van der Waals surface area contributed by atoms with Crippen LogP contribution in [0.1, 0.15) is 12.8 Å². The molecule has 0 spiro atoms. The number of carbonyl (C=O) groups is 2. The molecule has 6 heteroatoms. The summed E-state index contributed by atoms with van der Waals surface area (Å²) in [6.07, 6.45) is -0.147. The predicted octanol–water partition coefficient (Wildman–Crippen LogP) is -0.888. The van der Waals surface area contributed by atoms with Crippen molar-refractivity contribution in [3.63, 3.8) is 0 Å². The Morgan fingerprint density at radius 1 is 1.08 bits per heavy atom. The Hall–Kier alpha value is -1.14. The maximum Gasteiger partial charge on any atom is 0.304 e. The smallest absolute Gasteiger partial charge is 0.304 e. The lowest BCUT2D eigenvalue weighted by atomic mass is 10.4. The van der Waals surface area contributed by atoms with E-state index in [0.29, 0.717) is 0 Å². The number of carboxylic acid groups (broad SMARTS) is 2. The molecule has 0 saturated carbocycles. The molecule has 0 aliphatic rings. The molecule has 12 heavy (non-hydrogen) atoms. The number of hydrazine groups is 1. The van der Waals surface area contributed by atoms with Gasteiger partial charge in [-0.2, -0.15) is 0 Å². The maximum absolute atomic E-state index is 10.0. The van der Waals surface area contributed by atoms with Crippen LogP contribution in [0.25, 0.3) is 0 Å². The largest absolute Gasteiger partial charge is 0.481 e. The van der Waals surface area contributed by atoms with Gasteiger partial charge in [0, 0.05) is 13.1 Å². The molecule has 0 amide bonds. The van der Waals surface area contributed by atoms with Crippen LogP contribution in [0.15, 0.2) is 0 Å². The van der Waals surface area contributed by atoms with Crippen molar-refractivity contribution in [1.29, 1.82) is 0 Å². The summed E-state index contributed by atoms with van der Waals surface area (Å²) in [6, 6.07) is 0. The number of hydrogen-bond donors (Lipinski definition) is 3. The van der Waals surface area contributed by atoms with Gasteiger partial charge in [0.05, 0.1) is 12.8 Å². The minimum absolute atomic E-state index is 0.0733. The topological polar surface area (TPSA) is 104 Å². The molecule has 0 saturated heterocycles. The van der Waals surface area contributed by atoms with E-state index in [4.69, 9.17) is 16.1 Å². The fraction of sp³-hybridized carbons (Fsp3) is 0.667. The summed E-state index contributed by atoms with van der Waals surface area (Å²) >= 11 is 0. The summed E-state index contributed by atoms with van der Waals surface area (Å²) in [5.41, 5.74) is 0. The summed E-state index contributed by atoms with van der Waals surface area (Å²) in [7, 11) is 0. The van der Waals surface area contributed by atoms with Gasteiger partial charge in [0.1, 0.15) is 0 Å². The molecule has 6 nitrogen and oxygen atoms in total. The van der Waals surface area contributed by atoms with Crippen LogP contribution in [-0.2, 0) is 9.59 Å². The Morgan fingerprint density at radius 3 is 1.67 bits per heavy atom. The van der Waals surface area contributed by atoms with Gasteiger partial charge in [0.25, 0.3) is 0 Å². The number of nitrogens with two attached hydrogens (primary N) is 1. The predicted molar refractivity (Wildman–Crippen MR) is 40.3 cm³/mol. The zero-order chi connectivity index (χ0) is 9.56. The zero-order valence-electron chi connectivity index (χ0n) is 6.56. The minimum Gasteiger partial charge on any atom is -0.481 e. The highest BCUT2D eigenvalue weighted by atomic mass is 16.4. The van der Waals surface area contributed by atoms with Gasteiger partial charge in [-0.05, 0) is 0 Å². The van der Waals surface area contributed by atoms with Crippen molar-refractivity contribution in [2.45, 2.75) is 12.8 Å². The van der Waals surface area contributed by atoms with Crippen LogP contribution in [0.4, 0.5) is 0 Å². The molecule has 0 aliphatic carbocycles. The minimum atomic E-state index is -0.944. The molecule has 0 rings (SSSR count). The number of hydrogen-bond acceptors (Lipinski definition) is 4. The number of carboxylic acids is 2. The second-order valence-corrected chi connectivity index (χ2v) is 2.32. The lowest BCUT2D eigenvalue weighted by molar-refractivity contribution is -0.137. The van der Waals surface area contributed by atoms with E-state index in [1.54, 1.807) is 0 Å². The highest BCUT2D eigenvalue weighted by Gasteiger charge is 2.04. The van der Waals surface area contributed by atoms with E-state index in [0.717, 1.165) is 0 Å². The molecule has 0 aromatic carbocycles. The zero-order valence-corrected chi connectivity index (χ0v) is 6.56. The SMILES string of the molecule is NN(CCC(=O)O)CCC(=O)O. The fourth-order valence-corrected chi connectivity index (χ4v) is 0.590. The van der Waals surface area contributed by atoms with Gasteiger partial charge in [-0.3, -0.25) is 15.4 Å². The average molecular weight is 176 g/mol. The number of rotatable bonds is 6. The van der Waals surface area contributed by atoms with Crippen molar-refractivity contribution in [2.24, 2.45) is 5.84 Å². The van der Waals surface area contributed by atoms with Gasteiger partial charge in [-0.25, -0.2) is 5.01 Å². The lowest BCUT2D eigenvalue weighted by Crippen LogP contribution is -2.34. The first kappa shape index (κ1) is 10.9. The first-order valence-electron chi connectivity index (χ1n) is 3.45. The molecule has 0 aromatic rings. The monoisotopic (exact) mass is 176 g/mol. The van der Waals surface area contributed by atoms with E-state index in [1.165, 1.54) is 5.01 Å². The highest BCUT2D eigenvalue weighted by Crippen LogP contribution is 1.87. The molecule has 0 heterocycles. The van der Waals surface area contributed by atoms with Gasteiger partial charge in [0.2, 0.25) is 0 Å². The normalized spacial score (nSPS) is 10.2. The van der Waals surface area contributed by atoms with Crippen molar-refractivity contribution in [3.8, 4) is 0 Å². The van der Waals surface area contributed by atoms with Gasteiger partial charge < -0.3 is 10.2 Å². The number of aliphatic carboxylic acids is 2. The van der Waals surface area contributed by atoms with Crippen LogP contribution in [0.3, 0.4) is 0 Å². The quantitative estimate of drug-likeness (QED) is 0.358. The van der Waals surface area contributed by atoms with Gasteiger partial charge in [0.15, 0.2) is 0 Å². The van der Waals surface area contributed by atoms with Crippen LogP contribution >= 0.6 is 0 Å². The second-order valence-electron chi connectivity index (χ2n) is 2.32. The van der Waals surface area contributed by atoms with Crippen LogP contribution in [0.5, 0.6) is 0 Å². The van der Waals surface area contributed by atoms with E-state index < -0.39 is 11.9 Å². The van der Waals surface area contributed by atoms with E-state index in [-0.39, 0.29) is 25.9 Å². The van der Waals surface area contributed by atoms with Crippen LogP contribution in [0, 0.1) is 0 Å². The van der Waals surface area contributed by atoms with Crippen LogP contribution in [0.2, 0.25) is 0 Å². The molecular formula is C6H12N2O4. The van der Waals surface area contributed by atoms with Crippen molar-refractivity contribution in [3.05, 3.63) is 0 Å². The molecule has 70 valence electrons. The Bertz CT molecular complexity index is 153. The van der Waals surface area contributed by atoms with E-state index in [9.17, 15) is 9.59 Å². The number of nitrogens with zero attached hydrogens (tertiary/aromatic N) is 1. The van der Waals surface area contributed by atoms with Gasteiger partial charge in [-0.1, -0.05) is 0 Å². The molecule has 0 aromatic heterocycles. The molecule has 0 aliphatic heterocycles. The van der Waals surface area contributed by atoms with E-state index >= 15 is 0 Å². The molecule has 0 fully saturated rings. The third-order valence-electron chi connectivity index (χ3n) is 1.23. The van der Waals surface area contributed by atoms with E-state index in [2.05, 4.69) is 0 Å². The molecule has 4 N–H and O–H groups in total. The first-order chi connectivity index (χ1) is 5.52. The Labute approximate surface area is 69.5 Å². The van der Waals surface area contributed by atoms with E-state index in [1.807, 2.05) is 0 Å². The maximum atomic E-state index is 10.0. The Kier molecular flexibility index (Phi) is 4.98. The molecule has 0 atom stereocenters. The first-order valence-corrected chi connectivity index (χ1v) is 3.45. The highest BCUT2D eigenvalue weighted by molar-refractivity contribution is 5.67. The molecular weight excluding hydrogens is 164 g/mol. The summed E-state index contributed by atoms with van der Waals surface area (Å²) < 4.78 is 0. The lowest BCUT2D eigenvalue weighted by Gasteiger charge is -2.12. The molecule has 0 unspecified atom stereocenters.